The average Bonchev–Trinajstić information content (AvgIpc) is 2.53. The zero-order valence-electron chi connectivity index (χ0n) is 13.0. The first kappa shape index (κ1) is 17.5. The number of aromatic nitrogens is 2. The number of benzene rings is 1. The molecule has 9 heteroatoms. The molecule has 0 unspecified atom stereocenters. The first-order chi connectivity index (χ1) is 11.3. The number of nitrogens with one attached hydrogen (secondary N) is 1. The molecule has 0 spiro atoms. The molecule has 1 amide bonds. The largest absolute Gasteiger partial charge is 0.451 e. The van der Waals surface area contributed by atoms with E-state index < -0.39 is 28.3 Å². The number of nitrogens with zero attached hydrogens (tertiary/aromatic N) is 2. The van der Waals surface area contributed by atoms with Gasteiger partial charge in [-0.15, -0.1) is 0 Å². The predicted octanol–water partition coefficient (Wildman–Crippen LogP) is 0.984. The number of rotatable bonds is 5. The van der Waals surface area contributed by atoms with E-state index >= 15 is 0 Å². The molecule has 0 radical (unpaired) electrons. The smallest absolute Gasteiger partial charge is 0.359 e. The van der Waals surface area contributed by atoms with Crippen LogP contribution in [0.3, 0.4) is 0 Å². The van der Waals surface area contributed by atoms with Gasteiger partial charge in [0.1, 0.15) is 0 Å². The van der Waals surface area contributed by atoms with Crippen molar-refractivity contribution in [1.82, 2.24) is 9.97 Å². The van der Waals surface area contributed by atoms with Crippen LogP contribution in [0, 0.1) is 6.92 Å². The van der Waals surface area contributed by atoms with Gasteiger partial charge >= 0.3 is 5.97 Å². The molecule has 0 fully saturated rings. The Morgan fingerprint density at radius 3 is 2.33 bits per heavy atom. The fourth-order valence-electron chi connectivity index (χ4n) is 1.69. The summed E-state index contributed by atoms with van der Waals surface area (Å²) in [4.78, 5) is 31.3. The first-order valence-electron chi connectivity index (χ1n) is 6.81. The third kappa shape index (κ3) is 4.85. The third-order valence-electron chi connectivity index (χ3n) is 2.89. The number of carbonyl (C=O) groups is 2. The Kier molecular flexibility index (Phi) is 5.24. The Labute approximate surface area is 138 Å². The molecule has 1 N–H and O–H groups in total. The lowest BCUT2D eigenvalue weighted by Gasteiger charge is -2.07. The van der Waals surface area contributed by atoms with Gasteiger partial charge in [-0.25, -0.2) is 18.2 Å². The van der Waals surface area contributed by atoms with Crippen molar-refractivity contribution in [2.24, 2.45) is 0 Å². The minimum Gasteiger partial charge on any atom is -0.451 e. The molecule has 0 aliphatic heterocycles. The van der Waals surface area contributed by atoms with Crippen LogP contribution in [0.1, 0.15) is 16.2 Å². The van der Waals surface area contributed by atoms with Crippen LogP contribution in [0.4, 0.5) is 5.69 Å². The fourth-order valence-corrected chi connectivity index (χ4v) is 2.32. The molecule has 0 aliphatic rings. The van der Waals surface area contributed by atoms with E-state index in [1.54, 1.807) is 6.92 Å². The number of esters is 1. The van der Waals surface area contributed by atoms with Crippen LogP contribution < -0.4 is 5.32 Å². The maximum absolute atomic E-state index is 11.7. The van der Waals surface area contributed by atoms with E-state index in [9.17, 15) is 18.0 Å². The molecule has 126 valence electrons. The van der Waals surface area contributed by atoms with E-state index in [2.05, 4.69) is 15.3 Å². The van der Waals surface area contributed by atoms with E-state index in [0.29, 0.717) is 11.4 Å². The van der Waals surface area contributed by atoms with Crippen LogP contribution in [-0.4, -0.2) is 43.1 Å². The molecule has 0 atom stereocenters. The van der Waals surface area contributed by atoms with Crippen LogP contribution in [0.2, 0.25) is 0 Å². The van der Waals surface area contributed by atoms with E-state index in [4.69, 9.17) is 4.74 Å². The van der Waals surface area contributed by atoms with Crippen LogP contribution in [0.25, 0.3) is 0 Å². The zero-order valence-corrected chi connectivity index (χ0v) is 13.8. The monoisotopic (exact) mass is 349 g/mol. The molecule has 2 aromatic rings. The molecule has 0 saturated carbocycles. The second kappa shape index (κ2) is 7.18. The van der Waals surface area contributed by atoms with Crippen LogP contribution in [0.5, 0.6) is 0 Å². The second-order valence-electron chi connectivity index (χ2n) is 4.96. The van der Waals surface area contributed by atoms with Crippen molar-refractivity contribution < 1.29 is 22.7 Å². The molecule has 1 aromatic carbocycles. The number of sulfone groups is 1. The van der Waals surface area contributed by atoms with Gasteiger partial charge in [-0.3, -0.25) is 9.78 Å². The van der Waals surface area contributed by atoms with Gasteiger partial charge in [0, 0.05) is 18.1 Å². The van der Waals surface area contributed by atoms with Gasteiger partial charge in [0.05, 0.1) is 16.8 Å². The number of hydrogen-bond donors (Lipinski definition) is 1. The number of anilines is 1. The molecule has 0 saturated heterocycles. The van der Waals surface area contributed by atoms with Gasteiger partial charge in [0.25, 0.3) is 5.91 Å². The summed E-state index contributed by atoms with van der Waals surface area (Å²) in [5.41, 5.74) is 1.05. The third-order valence-corrected chi connectivity index (χ3v) is 4.02. The number of hydrogen-bond acceptors (Lipinski definition) is 7. The van der Waals surface area contributed by atoms with Gasteiger partial charge in [-0.1, -0.05) is 0 Å². The summed E-state index contributed by atoms with van der Waals surface area (Å²) in [5, 5.41) is 2.49. The summed E-state index contributed by atoms with van der Waals surface area (Å²) in [5.74, 6) is -1.32. The number of aryl methyl sites for hydroxylation is 1. The molecule has 2 rings (SSSR count). The van der Waals surface area contributed by atoms with E-state index in [0.717, 1.165) is 6.26 Å². The standard InChI is InChI=1S/C15H15N3O5S/c1-10-7-17-13(8-16-10)15(20)23-9-14(19)18-11-3-5-12(6-4-11)24(2,21)22/h3-8H,9H2,1-2H3,(H,18,19). The topological polar surface area (TPSA) is 115 Å². The summed E-state index contributed by atoms with van der Waals surface area (Å²) in [6.07, 6.45) is 3.77. The van der Waals surface area contributed by atoms with E-state index in [1.807, 2.05) is 0 Å². The van der Waals surface area contributed by atoms with Gasteiger partial charge < -0.3 is 10.1 Å². The Morgan fingerprint density at radius 2 is 1.79 bits per heavy atom. The molecule has 8 nitrogen and oxygen atoms in total. The Balaban J connectivity index is 1.89. The second-order valence-corrected chi connectivity index (χ2v) is 6.98. The minimum absolute atomic E-state index is 0.00547. The van der Waals surface area contributed by atoms with Crippen LogP contribution in [0.15, 0.2) is 41.6 Å². The van der Waals surface area contributed by atoms with Crippen molar-refractivity contribution in [3.63, 3.8) is 0 Å². The van der Waals surface area contributed by atoms with Crippen molar-refractivity contribution in [2.75, 3.05) is 18.2 Å². The molecule has 1 aromatic heterocycles. The molecule has 24 heavy (non-hydrogen) atoms. The maximum Gasteiger partial charge on any atom is 0.359 e. The van der Waals surface area contributed by atoms with Crippen LogP contribution in [-0.2, 0) is 19.4 Å². The van der Waals surface area contributed by atoms with Crippen molar-refractivity contribution >= 4 is 27.4 Å². The Hall–Kier alpha value is -2.81. The number of ether oxygens (including phenoxy) is 1. The van der Waals surface area contributed by atoms with Crippen molar-refractivity contribution in [2.45, 2.75) is 11.8 Å². The van der Waals surface area contributed by atoms with Gasteiger partial charge in [-0.2, -0.15) is 0 Å². The van der Waals surface area contributed by atoms with Crippen molar-refractivity contribution in [3.8, 4) is 0 Å². The SMILES string of the molecule is Cc1cnc(C(=O)OCC(=O)Nc2ccc(S(C)(=O)=O)cc2)cn1. The highest BCUT2D eigenvalue weighted by Gasteiger charge is 2.12. The highest BCUT2D eigenvalue weighted by atomic mass is 32.2. The summed E-state index contributed by atoms with van der Waals surface area (Å²) >= 11 is 0. The van der Waals surface area contributed by atoms with Crippen molar-refractivity contribution in [1.29, 1.82) is 0 Å². The fraction of sp³-hybridized carbons (Fsp3) is 0.200. The predicted molar refractivity (Wildman–Crippen MR) is 85.2 cm³/mol. The maximum atomic E-state index is 11.7. The van der Waals surface area contributed by atoms with Crippen LogP contribution >= 0.6 is 0 Å². The van der Waals surface area contributed by atoms with Gasteiger partial charge in [0.2, 0.25) is 0 Å². The molecule has 0 aliphatic carbocycles. The van der Waals surface area contributed by atoms with Gasteiger partial charge in [-0.05, 0) is 31.2 Å². The minimum atomic E-state index is -3.30. The number of amides is 1. The number of carbonyl (C=O) groups excluding carboxylic acids is 2. The van der Waals surface area contributed by atoms with Gasteiger partial charge in [0.15, 0.2) is 22.1 Å². The normalized spacial score (nSPS) is 10.9. The quantitative estimate of drug-likeness (QED) is 0.800. The highest BCUT2D eigenvalue weighted by Crippen LogP contribution is 2.13. The Morgan fingerprint density at radius 1 is 1.12 bits per heavy atom. The molecule has 0 bridgehead atoms. The Bertz CT molecular complexity index is 846. The lowest BCUT2D eigenvalue weighted by Crippen LogP contribution is -2.21. The average molecular weight is 349 g/mol. The summed E-state index contributed by atoms with van der Waals surface area (Å²) in [6.45, 7) is 1.23. The zero-order chi connectivity index (χ0) is 17.7. The molecule has 1 heterocycles. The molecular formula is C15H15N3O5S. The van der Waals surface area contributed by atoms with Crippen molar-refractivity contribution in [3.05, 3.63) is 48.0 Å². The summed E-state index contributed by atoms with van der Waals surface area (Å²) < 4.78 is 27.5. The highest BCUT2D eigenvalue weighted by molar-refractivity contribution is 7.90. The summed E-state index contributed by atoms with van der Waals surface area (Å²) in [7, 11) is -3.30. The van der Waals surface area contributed by atoms with E-state index in [-0.39, 0.29) is 10.6 Å². The van der Waals surface area contributed by atoms with E-state index in [1.165, 1.54) is 36.7 Å². The first-order valence-corrected chi connectivity index (χ1v) is 8.70. The molecular weight excluding hydrogens is 334 g/mol. The summed E-state index contributed by atoms with van der Waals surface area (Å²) in [6, 6.07) is 5.64. The lowest BCUT2D eigenvalue weighted by molar-refractivity contribution is -0.119. The lowest BCUT2D eigenvalue weighted by atomic mass is 10.3.